The second kappa shape index (κ2) is 15.0. The third-order valence-corrected chi connectivity index (χ3v) is 0.760. The Hall–Kier alpha value is 0.537. The van der Waals surface area contributed by atoms with Gasteiger partial charge in [0.05, 0.1) is 0 Å². The van der Waals surface area contributed by atoms with Crippen LogP contribution >= 0.6 is 0 Å². The van der Waals surface area contributed by atoms with E-state index in [2.05, 4.69) is 0 Å². The van der Waals surface area contributed by atoms with Gasteiger partial charge >= 0.3 is 48.4 Å². The molecule has 0 fully saturated rings. The van der Waals surface area contributed by atoms with Crippen molar-refractivity contribution in [3.63, 3.8) is 0 Å². The summed E-state index contributed by atoms with van der Waals surface area (Å²) in [7, 11) is 0. The Kier molecular flexibility index (Phi) is 27.0. The summed E-state index contributed by atoms with van der Waals surface area (Å²) in [5, 5.41) is 18.8. The van der Waals surface area contributed by atoms with Crippen LogP contribution in [0.4, 0.5) is 0 Å². The van der Waals surface area contributed by atoms with Crippen molar-refractivity contribution in [1.82, 2.24) is 0 Å². The Bertz CT molecular complexity index is 138. The average molecular weight is 190 g/mol. The molecule has 0 saturated heterocycles. The van der Waals surface area contributed by atoms with Gasteiger partial charge in [0.15, 0.2) is 0 Å². The van der Waals surface area contributed by atoms with Gasteiger partial charge in [0, 0.05) is 11.9 Å². The van der Waals surface area contributed by atoms with Crippen LogP contribution in [-0.4, -0.2) is 11.9 Å². The quantitative estimate of drug-likeness (QED) is 0.405. The third kappa shape index (κ3) is 32.6. The van der Waals surface area contributed by atoms with Crippen LogP contribution in [0.2, 0.25) is 0 Å². The van der Waals surface area contributed by atoms with Crippen molar-refractivity contribution in [1.29, 1.82) is 0 Å². The number of carbonyl (C=O) groups excluding carboxylic acids is 2. The molecule has 0 saturated carbocycles. The average Bonchev–Trinajstić information content (AvgIpc) is 1.89. The molecule has 0 aromatic rings. The molecule has 0 bridgehead atoms. The van der Waals surface area contributed by atoms with Crippen LogP contribution < -0.4 is 58.6 Å². The Morgan fingerprint density at radius 3 is 1.38 bits per heavy atom. The second-order valence-electron chi connectivity index (χ2n) is 2.20. The van der Waals surface area contributed by atoms with Crippen molar-refractivity contribution in [3.05, 3.63) is 0 Å². The molecule has 13 heavy (non-hydrogen) atoms. The summed E-state index contributed by atoms with van der Waals surface area (Å²) in [5.74, 6) is -2.33. The predicted molar refractivity (Wildman–Crippen MR) is 35.1 cm³/mol. The van der Waals surface area contributed by atoms with E-state index in [0.29, 0.717) is 0 Å². The summed E-state index contributed by atoms with van der Waals surface area (Å²) in [4.78, 5) is 18.8. The fourth-order valence-corrected chi connectivity index (χ4v) is 0. The zero-order chi connectivity index (χ0) is 9.44. The first kappa shape index (κ1) is 23.4. The first-order valence-electron chi connectivity index (χ1n) is 3.32. The smallest absolute Gasteiger partial charge is 0.550 e. The summed E-state index contributed by atoms with van der Waals surface area (Å²) in [5.41, 5.74) is 0. The molecule has 0 radical (unpaired) electrons. The standard InChI is InChI=1S/C4H8O2.C3H6O2.Li.Na/c1-3(2)4(5)6;1-2-3(4)5;;/h3H,1-2H3,(H,5,6);2H2,1H3,(H,4,5);;/q;;2*+1/p-2. The van der Waals surface area contributed by atoms with E-state index < -0.39 is 11.9 Å². The van der Waals surface area contributed by atoms with E-state index >= 15 is 0 Å². The van der Waals surface area contributed by atoms with Gasteiger partial charge in [-0.2, -0.15) is 0 Å². The molecule has 0 heterocycles. The van der Waals surface area contributed by atoms with E-state index in [1.54, 1.807) is 13.8 Å². The molecular formula is C7H12LiNaO4. The van der Waals surface area contributed by atoms with Gasteiger partial charge in [-0.25, -0.2) is 0 Å². The van der Waals surface area contributed by atoms with E-state index in [-0.39, 0.29) is 60.8 Å². The van der Waals surface area contributed by atoms with Gasteiger partial charge < -0.3 is 19.8 Å². The summed E-state index contributed by atoms with van der Waals surface area (Å²) >= 11 is 0. The van der Waals surface area contributed by atoms with Gasteiger partial charge in [-0.15, -0.1) is 0 Å². The predicted octanol–water partition coefficient (Wildman–Crippen LogP) is -7.45. The van der Waals surface area contributed by atoms with Crippen LogP contribution in [0.5, 0.6) is 0 Å². The maximum atomic E-state index is 9.59. The topological polar surface area (TPSA) is 80.3 Å². The maximum absolute atomic E-state index is 9.59. The molecule has 0 aromatic carbocycles. The SMILES string of the molecule is CC(C)C(=O)[O-].CCC(=O)[O-].[Li+].[Na+]. The Labute approximate surface area is 113 Å². The molecule has 0 aromatic heterocycles. The molecule has 0 unspecified atom stereocenters. The maximum Gasteiger partial charge on any atom is 1.00 e. The number of hydrogen-bond donors (Lipinski definition) is 0. The van der Waals surface area contributed by atoms with Gasteiger partial charge in [-0.3, -0.25) is 0 Å². The van der Waals surface area contributed by atoms with Gasteiger partial charge in [-0.05, 0) is 12.3 Å². The Morgan fingerprint density at radius 1 is 1.23 bits per heavy atom. The fourth-order valence-electron chi connectivity index (χ4n) is 0. The summed E-state index contributed by atoms with van der Waals surface area (Å²) in [6.45, 7) is 4.69. The van der Waals surface area contributed by atoms with Crippen molar-refractivity contribution in [2.75, 3.05) is 0 Å². The normalized spacial score (nSPS) is 7.08. The molecule has 0 amide bonds. The molecule has 0 N–H and O–H groups in total. The second-order valence-corrected chi connectivity index (χ2v) is 2.20. The number of carboxylic acids is 2. The fraction of sp³-hybridized carbons (Fsp3) is 0.714. The summed E-state index contributed by atoms with van der Waals surface area (Å²) in [6.07, 6.45) is 0.111. The largest absolute Gasteiger partial charge is 1.00 e. The minimum atomic E-state index is -0.995. The first-order chi connectivity index (χ1) is 4.91. The van der Waals surface area contributed by atoms with Crippen LogP contribution in [0.25, 0.3) is 0 Å². The van der Waals surface area contributed by atoms with E-state index in [0.717, 1.165) is 0 Å². The molecule has 66 valence electrons. The molecular weight excluding hydrogens is 178 g/mol. The van der Waals surface area contributed by atoms with Crippen LogP contribution in [0.3, 0.4) is 0 Å². The van der Waals surface area contributed by atoms with Crippen molar-refractivity contribution >= 4 is 11.9 Å². The molecule has 0 aliphatic carbocycles. The van der Waals surface area contributed by atoms with Gasteiger partial charge in [0.1, 0.15) is 0 Å². The number of rotatable bonds is 2. The van der Waals surface area contributed by atoms with E-state index in [1.807, 2.05) is 0 Å². The number of aliphatic carboxylic acids is 2. The zero-order valence-corrected chi connectivity index (χ0v) is 10.9. The Balaban J connectivity index is -0.0000000546. The monoisotopic (exact) mass is 190 g/mol. The molecule has 6 heteroatoms. The minimum absolute atomic E-state index is 0. The van der Waals surface area contributed by atoms with Crippen molar-refractivity contribution < 1.29 is 68.2 Å². The molecule has 0 atom stereocenters. The van der Waals surface area contributed by atoms with E-state index in [9.17, 15) is 19.8 Å². The number of carboxylic acid groups (broad SMARTS) is 2. The first-order valence-corrected chi connectivity index (χ1v) is 3.32. The number of carbonyl (C=O) groups is 2. The minimum Gasteiger partial charge on any atom is -0.550 e. The molecule has 0 aliphatic heterocycles. The molecule has 4 nitrogen and oxygen atoms in total. The summed E-state index contributed by atoms with van der Waals surface area (Å²) < 4.78 is 0. The van der Waals surface area contributed by atoms with Crippen LogP contribution in [-0.2, 0) is 9.59 Å². The van der Waals surface area contributed by atoms with Crippen LogP contribution in [0, 0.1) is 5.92 Å². The van der Waals surface area contributed by atoms with Crippen molar-refractivity contribution in [2.45, 2.75) is 27.2 Å². The zero-order valence-electron chi connectivity index (χ0n) is 8.92. The summed E-state index contributed by atoms with van der Waals surface area (Å²) in [6, 6.07) is 0. The van der Waals surface area contributed by atoms with Gasteiger partial charge in [0.2, 0.25) is 0 Å². The van der Waals surface area contributed by atoms with Crippen LogP contribution in [0.1, 0.15) is 27.2 Å². The van der Waals surface area contributed by atoms with Crippen molar-refractivity contribution in [3.8, 4) is 0 Å². The van der Waals surface area contributed by atoms with E-state index in [4.69, 9.17) is 0 Å². The third-order valence-electron chi connectivity index (χ3n) is 0.760. The Morgan fingerprint density at radius 2 is 1.38 bits per heavy atom. The van der Waals surface area contributed by atoms with E-state index in [1.165, 1.54) is 6.92 Å². The van der Waals surface area contributed by atoms with Crippen LogP contribution in [0.15, 0.2) is 0 Å². The molecule has 0 rings (SSSR count). The molecule has 0 spiro atoms. The van der Waals surface area contributed by atoms with Gasteiger partial charge in [-0.1, -0.05) is 20.8 Å². The van der Waals surface area contributed by atoms with Gasteiger partial charge in [0.25, 0.3) is 0 Å². The number of hydrogen-bond acceptors (Lipinski definition) is 4. The molecule has 0 aliphatic rings. The van der Waals surface area contributed by atoms with Crippen molar-refractivity contribution in [2.24, 2.45) is 5.92 Å².